The summed E-state index contributed by atoms with van der Waals surface area (Å²) in [5.41, 5.74) is 1.24. The van der Waals surface area contributed by atoms with Crippen LogP contribution in [-0.2, 0) is 11.3 Å². The van der Waals surface area contributed by atoms with Crippen LogP contribution in [0.15, 0.2) is 11.4 Å². The molecule has 1 aromatic heterocycles. The van der Waals surface area contributed by atoms with Crippen molar-refractivity contribution in [2.45, 2.75) is 39.2 Å². The lowest BCUT2D eigenvalue weighted by molar-refractivity contribution is 0.0532. The number of ether oxygens (including phenoxy) is 1. The number of hydrogen-bond donors (Lipinski definition) is 0. The second-order valence-electron chi connectivity index (χ2n) is 4.73. The van der Waals surface area contributed by atoms with Gasteiger partial charge in [-0.1, -0.05) is 12.8 Å². The number of carbonyl (C=O) groups excluding carboxylic acids is 1. The van der Waals surface area contributed by atoms with Crippen molar-refractivity contribution in [1.29, 1.82) is 0 Å². The maximum atomic E-state index is 11.6. The van der Waals surface area contributed by atoms with E-state index in [0.717, 1.165) is 11.4 Å². The summed E-state index contributed by atoms with van der Waals surface area (Å²) in [6, 6.07) is 1.98. The van der Waals surface area contributed by atoms with E-state index >= 15 is 0 Å². The van der Waals surface area contributed by atoms with E-state index in [1.807, 2.05) is 13.0 Å². The van der Waals surface area contributed by atoms with E-state index in [0.29, 0.717) is 6.61 Å². The summed E-state index contributed by atoms with van der Waals surface area (Å²) < 4.78 is 5.01. The molecule has 18 heavy (non-hydrogen) atoms. The third-order valence-electron chi connectivity index (χ3n) is 3.24. The minimum Gasteiger partial charge on any atom is -0.462 e. The Morgan fingerprint density at radius 2 is 2.06 bits per heavy atom. The van der Waals surface area contributed by atoms with Crippen molar-refractivity contribution in [2.24, 2.45) is 0 Å². The van der Waals surface area contributed by atoms with Crippen molar-refractivity contribution < 1.29 is 9.53 Å². The molecule has 0 N–H and O–H groups in total. The lowest BCUT2D eigenvalue weighted by atomic mass is 10.2. The monoisotopic (exact) mass is 267 g/mol. The molecule has 3 nitrogen and oxygen atoms in total. The van der Waals surface area contributed by atoms with Gasteiger partial charge in [0.25, 0.3) is 0 Å². The first-order valence-electron chi connectivity index (χ1n) is 6.76. The maximum absolute atomic E-state index is 11.6. The highest BCUT2D eigenvalue weighted by atomic mass is 32.1. The maximum Gasteiger partial charge on any atom is 0.348 e. The Morgan fingerprint density at radius 3 is 2.72 bits per heavy atom. The van der Waals surface area contributed by atoms with Gasteiger partial charge in [-0.3, -0.25) is 4.90 Å². The van der Waals surface area contributed by atoms with Crippen LogP contribution in [0, 0.1) is 0 Å². The minimum atomic E-state index is -0.190. The van der Waals surface area contributed by atoms with Crippen molar-refractivity contribution in [1.82, 2.24) is 4.90 Å². The largest absolute Gasteiger partial charge is 0.462 e. The average Bonchev–Trinajstić information content (AvgIpc) is 2.67. The molecule has 4 heteroatoms. The van der Waals surface area contributed by atoms with Crippen LogP contribution in [0.1, 0.15) is 47.8 Å². The summed E-state index contributed by atoms with van der Waals surface area (Å²) in [5.74, 6) is -0.190. The Morgan fingerprint density at radius 1 is 1.33 bits per heavy atom. The first kappa shape index (κ1) is 13.6. The first-order chi connectivity index (χ1) is 8.79. The van der Waals surface area contributed by atoms with Crippen molar-refractivity contribution in [3.05, 3.63) is 21.9 Å². The normalized spacial score (nSPS) is 17.4. The van der Waals surface area contributed by atoms with Crippen LogP contribution in [0.3, 0.4) is 0 Å². The summed E-state index contributed by atoms with van der Waals surface area (Å²) in [4.78, 5) is 14.8. The zero-order valence-corrected chi connectivity index (χ0v) is 11.8. The predicted molar refractivity (Wildman–Crippen MR) is 74.0 cm³/mol. The van der Waals surface area contributed by atoms with Gasteiger partial charge in [-0.25, -0.2) is 4.79 Å². The van der Waals surface area contributed by atoms with Gasteiger partial charge in [0.15, 0.2) is 0 Å². The molecule has 2 rings (SSSR count). The van der Waals surface area contributed by atoms with E-state index < -0.39 is 0 Å². The molecule has 1 aliphatic rings. The van der Waals surface area contributed by atoms with Crippen molar-refractivity contribution in [2.75, 3.05) is 19.7 Å². The molecule has 0 bridgehead atoms. The van der Waals surface area contributed by atoms with Gasteiger partial charge in [-0.15, -0.1) is 11.3 Å². The lowest BCUT2D eigenvalue weighted by Gasteiger charge is -2.18. The molecule has 0 atom stereocenters. The lowest BCUT2D eigenvalue weighted by Crippen LogP contribution is -2.23. The van der Waals surface area contributed by atoms with Gasteiger partial charge in [0.1, 0.15) is 4.88 Å². The zero-order chi connectivity index (χ0) is 12.8. The third-order valence-corrected chi connectivity index (χ3v) is 4.19. The number of thiophene rings is 1. The quantitative estimate of drug-likeness (QED) is 0.784. The van der Waals surface area contributed by atoms with Crippen LogP contribution in [0.5, 0.6) is 0 Å². The van der Waals surface area contributed by atoms with Crippen LogP contribution in [0.25, 0.3) is 0 Å². The van der Waals surface area contributed by atoms with E-state index in [4.69, 9.17) is 4.74 Å². The van der Waals surface area contributed by atoms with Crippen molar-refractivity contribution >= 4 is 17.3 Å². The Labute approximate surface area is 113 Å². The first-order valence-corrected chi connectivity index (χ1v) is 7.64. The summed E-state index contributed by atoms with van der Waals surface area (Å²) >= 11 is 1.49. The Kier molecular flexibility index (Phi) is 5.20. The Balaban J connectivity index is 1.91. The second-order valence-corrected chi connectivity index (χ2v) is 5.64. The van der Waals surface area contributed by atoms with Crippen LogP contribution in [-0.4, -0.2) is 30.6 Å². The standard InChI is InChI=1S/C14H21NO2S/c1-2-17-14(16)13-9-12(11-18-13)10-15-7-5-3-4-6-8-15/h9,11H,2-8,10H2,1H3. The van der Waals surface area contributed by atoms with Crippen LogP contribution < -0.4 is 0 Å². The SMILES string of the molecule is CCOC(=O)c1cc(CN2CCCCCC2)cs1. The molecule has 0 aromatic carbocycles. The molecule has 100 valence electrons. The van der Waals surface area contributed by atoms with Gasteiger partial charge in [0.05, 0.1) is 6.61 Å². The molecular weight excluding hydrogens is 246 g/mol. The molecule has 0 saturated carbocycles. The van der Waals surface area contributed by atoms with Crippen LogP contribution in [0.4, 0.5) is 0 Å². The van der Waals surface area contributed by atoms with E-state index in [9.17, 15) is 4.79 Å². The fourth-order valence-corrected chi connectivity index (χ4v) is 3.12. The fraction of sp³-hybridized carbons (Fsp3) is 0.643. The van der Waals surface area contributed by atoms with Crippen molar-refractivity contribution in [3.63, 3.8) is 0 Å². The number of nitrogens with zero attached hydrogens (tertiary/aromatic N) is 1. The molecule has 1 fully saturated rings. The molecule has 2 heterocycles. The summed E-state index contributed by atoms with van der Waals surface area (Å²) in [6.45, 7) is 5.62. The highest BCUT2D eigenvalue weighted by Crippen LogP contribution is 2.19. The fourth-order valence-electron chi connectivity index (χ4n) is 2.32. The number of esters is 1. The molecule has 0 unspecified atom stereocenters. The number of hydrogen-bond acceptors (Lipinski definition) is 4. The number of rotatable bonds is 4. The van der Waals surface area contributed by atoms with E-state index in [2.05, 4.69) is 10.3 Å². The second kappa shape index (κ2) is 6.90. The van der Waals surface area contributed by atoms with Gasteiger partial charge in [-0.2, -0.15) is 0 Å². The zero-order valence-electron chi connectivity index (χ0n) is 11.0. The summed E-state index contributed by atoms with van der Waals surface area (Å²) in [5, 5.41) is 2.08. The van der Waals surface area contributed by atoms with Gasteiger partial charge in [0, 0.05) is 6.54 Å². The number of carbonyl (C=O) groups is 1. The Hall–Kier alpha value is -0.870. The molecule has 0 radical (unpaired) electrons. The minimum absolute atomic E-state index is 0.190. The van der Waals surface area contributed by atoms with Crippen LogP contribution in [0.2, 0.25) is 0 Å². The molecule has 0 aliphatic carbocycles. The molecule has 0 amide bonds. The highest BCUT2D eigenvalue weighted by Gasteiger charge is 2.13. The van der Waals surface area contributed by atoms with E-state index in [1.54, 1.807) is 0 Å². The molecule has 1 aromatic rings. The molecule has 1 saturated heterocycles. The van der Waals surface area contributed by atoms with Crippen molar-refractivity contribution in [3.8, 4) is 0 Å². The van der Waals surface area contributed by atoms with Crippen LogP contribution >= 0.6 is 11.3 Å². The smallest absolute Gasteiger partial charge is 0.348 e. The molecule has 0 spiro atoms. The van der Waals surface area contributed by atoms with Gasteiger partial charge >= 0.3 is 5.97 Å². The summed E-state index contributed by atoms with van der Waals surface area (Å²) in [7, 11) is 0. The predicted octanol–water partition coefficient (Wildman–Crippen LogP) is 3.30. The number of likely N-dealkylation sites (tertiary alicyclic amines) is 1. The topological polar surface area (TPSA) is 29.5 Å². The third kappa shape index (κ3) is 3.82. The average molecular weight is 267 g/mol. The Bertz CT molecular complexity index is 381. The van der Waals surface area contributed by atoms with Gasteiger partial charge in [0.2, 0.25) is 0 Å². The van der Waals surface area contributed by atoms with E-state index in [1.165, 1.54) is 55.7 Å². The van der Waals surface area contributed by atoms with Gasteiger partial charge in [-0.05, 0) is 49.9 Å². The molecule has 1 aliphatic heterocycles. The summed E-state index contributed by atoms with van der Waals surface area (Å²) in [6.07, 6.45) is 5.31. The van der Waals surface area contributed by atoms with Gasteiger partial charge < -0.3 is 4.74 Å². The van der Waals surface area contributed by atoms with E-state index in [-0.39, 0.29) is 5.97 Å². The highest BCUT2D eigenvalue weighted by molar-refractivity contribution is 7.12. The molecular formula is C14H21NO2S.